The second-order valence-electron chi connectivity index (χ2n) is 5.65. The van der Waals surface area contributed by atoms with Gasteiger partial charge in [-0.25, -0.2) is 4.98 Å². The van der Waals surface area contributed by atoms with Gasteiger partial charge in [-0.1, -0.05) is 51.9 Å². The van der Waals surface area contributed by atoms with E-state index in [-0.39, 0.29) is 5.91 Å². The molecule has 0 aliphatic rings. The van der Waals surface area contributed by atoms with E-state index in [1.165, 1.54) is 44.9 Å². The zero-order valence-electron chi connectivity index (χ0n) is 13.5. The van der Waals surface area contributed by atoms with E-state index in [1.54, 1.807) is 12.1 Å². The SMILES string of the molecule is CCCCCCCCCCNC(=O)c1cc(C)nc(N)c1. The van der Waals surface area contributed by atoms with Gasteiger partial charge in [0.05, 0.1) is 0 Å². The number of aromatic nitrogens is 1. The van der Waals surface area contributed by atoms with Crippen LogP contribution in [0, 0.1) is 6.92 Å². The van der Waals surface area contributed by atoms with Crippen molar-refractivity contribution in [1.82, 2.24) is 10.3 Å². The number of nitrogens with one attached hydrogen (secondary N) is 1. The number of nitrogens with two attached hydrogens (primary N) is 1. The van der Waals surface area contributed by atoms with Gasteiger partial charge >= 0.3 is 0 Å². The van der Waals surface area contributed by atoms with Gasteiger partial charge in [0.2, 0.25) is 0 Å². The third-order valence-electron chi connectivity index (χ3n) is 3.55. The van der Waals surface area contributed by atoms with Crippen LogP contribution in [0.5, 0.6) is 0 Å². The summed E-state index contributed by atoms with van der Waals surface area (Å²) in [7, 11) is 0. The highest BCUT2D eigenvalue weighted by Crippen LogP contribution is 2.09. The maximum absolute atomic E-state index is 12.0. The van der Waals surface area contributed by atoms with Crippen LogP contribution in [-0.4, -0.2) is 17.4 Å². The largest absolute Gasteiger partial charge is 0.384 e. The minimum atomic E-state index is -0.0601. The summed E-state index contributed by atoms with van der Waals surface area (Å²) in [6.07, 6.45) is 10.2. The van der Waals surface area contributed by atoms with Crippen molar-refractivity contribution in [2.24, 2.45) is 0 Å². The van der Waals surface area contributed by atoms with Crippen molar-refractivity contribution < 1.29 is 4.79 Å². The molecule has 0 aliphatic carbocycles. The number of hydrogen-bond donors (Lipinski definition) is 2. The zero-order valence-corrected chi connectivity index (χ0v) is 13.5. The molecule has 0 spiro atoms. The summed E-state index contributed by atoms with van der Waals surface area (Å²) in [5.41, 5.74) is 7.02. The van der Waals surface area contributed by atoms with E-state index in [9.17, 15) is 4.79 Å². The molecule has 0 radical (unpaired) electrons. The Balaban J connectivity index is 2.11. The van der Waals surface area contributed by atoms with Crippen LogP contribution in [0.25, 0.3) is 0 Å². The first kappa shape index (κ1) is 17.5. The molecular formula is C17H29N3O. The maximum Gasteiger partial charge on any atom is 0.251 e. The molecule has 0 unspecified atom stereocenters. The predicted octanol–water partition coefficient (Wildman–Crippen LogP) is 3.84. The maximum atomic E-state index is 12.0. The molecule has 4 heteroatoms. The fourth-order valence-electron chi connectivity index (χ4n) is 2.39. The van der Waals surface area contributed by atoms with Crippen LogP contribution in [0.3, 0.4) is 0 Å². The van der Waals surface area contributed by atoms with Gasteiger partial charge in [-0.3, -0.25) is 4.79 Å². The van der Waals surface area contributed by atoms with Crippen LogP contribution in [0.1, 0.15) is 74.3 Å². The van der Waals surface area contributed by atoms with E-state index in [4.69, 9.17) is 5.73 Å². The lowest BCUT2D eigenvalue weighted by atomic mass is 10.1. The molecule has 4 nitrogen and oxygen atoms in total. The summed E-state index contributed by atoms with van der Waals surface area (Å²) < 4.78 is 0. The first-order valence-electron chi connectivity index (χ1n) is 8.16. The molecule has 0 saturated carbocycles. The Morgan fingerprint density at radius 1 is 1.10 bits per heavy atom. The summed E-state index contributed by atoms with van der Waals surface area (Å²) in [4.78, 5) is 16.0. The van der Waals surface area contributed by atoms with E-state index in [0.29, 0.717) is 11.4 Å². The molecule has 3 N–H and O–H groups in total. The Bertz CT molecular complexity index is 412. The van der Waals surface area contributed by atoms with Gasteiger partial charge < -0.3 is 11.1 Å². The Kier molecular flexibility index (Phi) is 8.48. The van der Waals surface area contributed by atoms with Crippen molar-refractivity contribution in [2.75, 3.05) is 12.3 Å². The molecule has 0 aromatic carbocycles. The van der Waals surface area contributed by atoms with E-state index < -0.39 is 0 Å². The second-order valence-corrected chi connectivity index (χ2v) is 5.65. The molecule has 0 aliphatic heterocycles. The number of rotatable bonds is 10. The Morgan fingerprint density at radius 3 is 2.33 bits per heavy atom. The molecule has 1 heterocycles. The minimum Gasteiger partial charge on any atom is -0.384 e. The lowest BCUT2D eigenvalue weighted by Gasteiger charge is -2.06. The molecule has 0 fully saturated rings. The molecule has 1 aromatic rings. The topological polar surface area (TPSA) is 68.0 Å². The highest BCUT2D eigenvalue weighted by atomic mass is 16.1. The standard InChI is InChI=1S/C17H29N3O/c1-3-4-5-6-7-8-9-10-11-19-17(21)15-12-14(2)20-16(18)13-15/h12-13H,3-11H2,1-2H3,(H2,18,20)(H,19,21). The van der Waals surface area contributed by atoms with Crippen molar-refractivity contribution in [2.45, 2.75) is 65.2 Å². The number of unbranched alkanes of at least 4 members (excludes halogenated alkanes) is 7. The fourth-order valence-corrected chi connectivity index (χ4v) is 2.39. The van der Waals surface area contributed by atoms with Crippen LogP contribution >= 0.6 is 0 Å². The third kappa shape index (κ3) is 7.69. The minimum absolute atomic E-state index is 0.0601. The monoisotopic (exact) mass is 291 g/mol. The first-order chi connectivity index (χ1) is 10.1. The number of aryl methyl sites for hydroxylation is 1. The highest BCUT2D eigenvalue weighted by molar-refractivity contribution is 5.94. The molecule has 21 heavy (non-hydrogen) atoms. The average molecular weight is 291 g/mol. The summed E-state index contributed by atoms with van der Waals surface area (Å²) >= 11 is 0. The van der Waals surface area contributed by atoms with Crippen molar-refractivity contribution >= 4 is 11.7 Å². The van der Waals surface area contributed by atoms with E-state index in [1.807, 2.05) is 6.92 Å². The Morgan fingerprint density at radius 2 is 1.71 bits per heavy atom. The number of carbonyl (C=O) groups excluding carboxylic acids is 1. The smallest absolute Gasteiger partial charge is 0.251 e. The van der Waals surface area contributed by atoms with Crippen LogP contribution < -0.4 is 11.1 Å². The number of amides is 1. The first-order valence-corrected chi connectivity index (χ1v) is 8.16. The number of carbonyl (C=O) groups is 1. The van der Waals surface area contributed by atoms with Gasteiger partial charge in [0.25, 0.3) is 5.91 Å². The zero-order chi connectivity index (χ0) is 15.5. The van der Waals surface area contributed by atoms with Crippen molar-refractivity contribution in [1.29, 1.82) is 0 Å². The lowest BCUT2D eigenvalue weighted by Crippen LogP contribution is -2.24. The molecule has 0 atom stereocenters. The summed E-state index contributed by atoms with van der Waals surface area (Å²) in [6, 6.07) is 3.38. The number of hydrogen-bond acceptors (Lipinski definition) is 3. The van der Waals surface area contributed by atoms with E-state index in [2.05, 4.69) is 17.2 Å². The van der Waals surface area contributed by atoms with Gasteiger partial charge in [-0.15, -0.1) is 0 Å². The number of pyridine rings is 1. The van der Waals surface area contributed by atoms with Crippen LogP contribution in [0.15, 0.2) is 12.1 Å². The van der Waals surface area contributed by atoms with Gasteiger partial charge in [0.1, 0.15) is 5.82 Å². The molecule has 0 bridgehead atoms. The molecule has 1 aromatic heterocycles. The quantitative estimate of drug-likeness (QED) is 0.643. The normalized spacial score (nSPS) is 10.6. The van der Waals surface area contributed by atoms with Crippen molar-refractivity contribution in [3.05, 3.63) is 23.4 Å². The molecule has 0 saturated heterocycles. The predicted molar refractivity (Wildman–Crippen MR) is 88.3 cm³/mol. The average Bonchev–Trinajstić information content (AvgIpc) is 2.44. The third-order valence-corrected chi connectivity index (χ3v) is 3.55. The van der Waals surface area contributed by atoms with Gasteiger partial charge in [0.15, 0.2) is 0 Å². The molecular weight excluding hydrogens is 262 g/mol. The number of anilines is 1. The summed E-state index contributed by atoms with van der Waals surface area (Å²) in [6.45, 7) is 4.81. The van der Waals surface area contributed by atoms with Gasteiger partial charge in [-0.2, -0.15) is 0 Å². The Hall–Kier alpha value is -1.58. The number of nitrogens with zero attached hydrogens (tertiary/aromatic N) is 1. The van der Waals surface area contributed by atoms with Crippen LogP contribution in [0.4, 0.5) is 5.82 Å². The van der Waals surface area contributed by atoms with E-state index in [0.717, 1.165) is 18.7 Å². The lowest BCUT2D eigenvalue weighted by molar-refractivity contribution is 0.0952. The van der Waals surface area contributed by atoms with Crippen LogP contribution in [-0.2, 0) is 0 Å². The summed E-state index contributed by atoms with van der Waals surface area (Å²) in [5.74, 6) is 0.336. The second kappa shape index (κ2) is 10.2. The fraction of sp³-hybridized carbons (Fsp3) is 0.647. The summed E-state index contributed by atoms with van der Waals surface area (Å²) in [5, 5.41) is 2.94. The van der Waals surface area contributed by atoms with Crippen molar-refractivity contribution in [3.63, 3.8) is 0 Å². The van der Waals surface area contributed by atoms with Crippen molar-refractivity contribution in [3.8, 4) is 0 Å². The number of nitrogen functional groups attached to an aromatic ring is 1. The van der Waals surface area contributed by atoms with Crippen LogP contribution in [0.2, 0.25) is 0 Å². The molecule has 118 valence electrons. The van der Waals surface area contributed by atoms with E-state index >= 15 is 0 Å². The highest BCUT2D eigenvalue weighted by Gasteiger charge is 2.06. The molecule has 1 amide bonds. The van der Waals surface area contributed by atoms with Gasteiger partial charge in [-0.05, 0) is 25.5 Å². The molecule has 1 rings (SSSR count). The Labute approximate surface area is 128 Å². The van der Waals surface area contributed by atoms with Gasteiger partial charge in [0, 0.05) is 17.8 Å².